The average Bonchev–Trinajstić information content (AvgIpc) is 3.12. The maximum Gasteiger partial charge on any atom is 0.185 e. The summed E-state index contributed by atoms with van der Waals surface area (Å²) >= 11 is 12.1. The molecule has 0 saturated carbocycles. The van der Waals surface area contributed by atoms with Crippen LogP contribution >= 0.6 is 23.2 Å². The Balaban J connectivity index is 1.58. The molecular formula is C20H20Cl2O6. The molecular weight excluding hydrogens is 407 g/mol. The second-order valence-corrected chi connectivity index (χ2v) is 7.61. The summed E-state index contributed by atoms with van der Waals surface area (Å²) < 4.78 is 23.7. The molecule has 8 heteroatoms. The van der Waals surface area contributed by atoms with Crippen molar-refractivity contribution in [3.63, 3.8) is 0 Å². The largest absolute Gasteiger partial charge is 0.394 e. The maximum atomic E-state index is 10.6. The van der Waals surface area contributed by atoms with Crippen molar-refractivity contribution in [1.82, 2.24) is 0 Å². The zero-order chi connectivity index (χ0) is 19.7. The van der Waals surface area contributed by atoms with E-state index in [0.29, 0.717) is 15.6 Å². The number of aliphatic hydroxyl groups is 2. The zero-order valence-electron chi connectivity index (χ0n) is 14.8. The van der Waals surface area contributed by atoms with Crippen LogP contribution in [0.3, 0.4) is 0 Å². The van der Waals surface area contributed by atoms with Crippen molar-refractivity contribution in [1.29, 1.82) is 0 Å². The Morgan fingerprint density at radius 2 is 1.46 bits per heavy atom. The van der Waals surface area contributed by atoms with Gasteiger partial charge in [0.1, 0.15) is 24.4 Å². The van der Waals surface area contributed by atoms with Gasteiger partial charge in [-0.1, -0.05) is 47.5 Å². The highest BCUT2D eigenvalue weighted by molar-refractivity contribution is 6.30. The van der Waals surface area contributed by atoms with Crippen LogP contribution in [0.25, 0.3) is 0 Å². The summed E-state index contributed by atoms with van der Waals surface area (Å²) in [5, 5.41) is 21.6. The van der Waals surface area contributed by atoms with Crippen molar-refractivity contribution >= 4 is 23.2 Å². The minimum Gasteiger partial charge on any atom is -0.394 e. The molecule has 2 aromatic rings. The molecule has 0 aliphatic carbocycles. The van der Waals surface area contributed by atoms with Gasteiger partial charge in [0, 0.05) is 21.2 Å². The lowest BCUT2D eigenvalue weighted by atomic mass is 10.0. The third-order valence-corrected chi connectivity index (χ3v) is 5.24. The van der Waals surface area contributed by atoms with Gasteiger partial charge in [-0.05, 0) is 24.3 Å². The van der Waals surface area contributed by atoms with E-state index in [1.165, 1.54) is 0 Å². The van der Waals surface area contributed by atoms with E-state index in [1.54, 1.807) is 42.5 Å². The number of fused-ring (bicyclic) bond motifs is 1. The molecule has 2 aromatic carbocycles. The molecule has 2 N–H and O–H groups in total. The fourth-order valence-electron chi connectivity index (χ4n) is 3.42. The standard InChI is InChI=1S/C20H20Cl2O6/c21-13-5-1-3-11(7-13)19-25-10-15(24)17-18(16(9-23)26-19)28-20(27-17)12-4-2-6-14(22)8-12/h1-8,15-20,23-24H,9-10H2/t15-,16+,17+,18+,19?,20?/m1/s1. The van der Waals surface area contributed by atoms with Gasteiger partial charge in [0.25, 0.3) is 0 Å². The number of hydrogen-bond donors (Lipinski definition) is 2. The van der Waals surface area contributed by atoms with E-state index < -0.39 is 37.0 Å². The number of rotatable bonds is 3. The van der Waals surface area contributed by atoms with E-state index >= 15 is 0 Å². The van der Waals surface area contributed by atoms with Crippen LogP contribution < -0.4 is 0 Å². The third-order valence-electron chi connectivity index (χ3n) is 4.77. The third kappa shape index (κ3) is 4.20. The first-order valence-corrected chi connectivity index (χ1v) is 9.68. The van der Waals surface area contributed by atoms with E-state index in [0.717, 1.165) is 5.56 Å². The first-order valence-electron chi connectivity index (χ1n) is 8.93. The van der Waals surface area contributed by atoms with Crippen LogP contribution in [0.15, 0.2) is 48.5 Å². The van der Waals surface area contributed by atoms with E-state index in [9.17, 15) is 10.2 Å². The highest BCUT2D eigenvalue weighted by Crippen LogP contribution is 2.38. The number of hydrogen-bond acceptors (Lipinski definition) is 6. The molecule has 2 unspecified atom stereocenters. The Kier molecular flexibility index (Phi) is 6.20. The van der Waals surface area contributed by atoms with Gasteiger partial charge in [0.15, 0.2) is 12.6 Å². The monoisotopic (exact) mass is 426 g/mol. The lowest BCUT2D eigenvalue weighted by Crippen LogP contribution is -2.49. The van der Waals surface area contributed by atoms with Crippen LogP contribution in [-0.2, 0) is 18.9 Å². The Hall–Kier alpha value is -1.22. The van der Waals surface area contributed by atoms with Crippen molar-refractivity contribution in [2.75, 3.05) is 13.2 Å². The van der Waals surface area contributed by atoms with E-state index in [2.05, 4.69) is 0 Å². The van der Waals surface area contributed by atoms with Gasteiger partial charge in [-0.2, -0.15) is 0 Å². The maximum absolute atomic E-state index is 10.6. The predicted octanol–water partition coefficient (Wildman–Crippen LogP) is 3.24. The van der Waals surface area contributed by atoms with Crippen molar-refractivity contribution in [3.8, 4) is 0 Å². The van der Waals surface area contributed by atoms with Crippen LogP contribution in [0.1, 0.15) is 23.7 Å². The Labute approximate surface area is 172 Å². The fourth-order valence-corrected chi connectivity index (χ4v) is 3.82. The normalized spacial score (nSPS) is 33.1. The number of ether oxygens (including phenoxy) is 4. The fraction of sp³-hybridized carbons (Fsp3) is 0.400. The van der Waals surface area contributed by atoms with E-state index in [-0.39, 0.29) is 13.2 Å². The van der Waals surface area contributed by atoms with Crippen molar-refractivity contribution in [2.45, 2.75) is 37.0 Å². The van der Waals surface area contributed by atoms with Crippen molar-refractivity contribution < 1.29 is 29.2 Å². The molecule has 2 saturated heterocycles. The highest BCUT2D eigenvalue weighted by Gasteiger charge is 2.47. The number of halogens is 2. The molecule has 2 aliphatic heterocycles. The van der Waals surface area contributed by atoms with Crippen LogP contribution in [-0.4, -0.2) is 47.8 Å². The molecule has 2 aliphatic rings. The first-order chi connectivity index (χ1) is 13.5. The van der Waals surface area contributed by atoms with Gasteiger partial charge in [0.2, 0.25) is 0 Å². The van der Waals surface area contributed by atoms with Crippen molar-refractivity contribution in [3.05, 3.63) is 69.7 Å². The van der Waals surface area contributed by atoms with Gasteiger partial charge in [-0.3, -0.25) is 0 Å². The van der Waals surface area contributed by atoms with Gasteiger partial charge < -0.3 is 29.2 Å². The molecule has 0 amide bonds. The molecule has 6 nitrogen and oxygen atoms in total. The molecule has 28 heavy (non-hydrogen) atoms. The average molecular weight is 427 g/mol. The topological polar surface area (TPSA) is 77.4 Å². The van der Waals surface area contributed by atoms with Gasteiger partial charge in [-0.25, -0.2) is 0 Å². The Morgan fingerprint density at radius 1 is 0.857 bits per heavy atom. The molecule has 0 aromatic heterocycles. The Bertz CT molecular complexity index is 819. The number of benzene rings is 2. The molecule has 150 valence electrons. The molecule has 4 rings (SSSR count). The highest BCUT2D eigenvalue weighted by atomic mass is 35.5. The molecule has 2 fully saturated rings. The summed E-state index contributed by atoms with van der Waals surface area (Å²) in [6.07, 6.45) is -4.68. The smallest absolute Gasteiger partial charge is 0.185 e. The summed E-state index contributed by atoms with van der Waals surface area (Å²) in [5.41, 5.74) is 1.40. The Morgan fingerprint density at radius 3 is 2.07 bits per heavy atom. The van der Waals surface area contributed by atoms with Crippen LogP contribution in [0, 0.1) is 0 Å². The summed E-state index contributed by atoms with van der Waals surface area (Å²) in [6, 6.07) is 14.1. The lowest BCUT2D eigenvalue weighted by Gasteiger charge is -2.34. The minimum absolute atomic E-state index is 0.0257. The second kappa shape index (κ2) is 8.65. The minimum atomic E-state index is -0.964. The van der Waals surface area contributed by atoms with Gasteiger partial charge >= 0.3 is 0 Å². The molecule has 2 heterocycles. The summed E-state index contributed by atoms with van der Waals surface area (Å²) in [5.74, 6) is 0. The summed E-state index contributed by atoms with van der Waals surface area (Å²) in [6.45, 7) is -0.359. The van der Waals surface area contributed by atoms with Gasteiger partial charge in [0.05, 0.1) is 13.2 Å². The van der Waals surface area contributed by atoms with Crippen LogP contribution in [0.4, 0.5) is 0 Å². The summed E-state index contributed by atoms with van der Waals surface area (Å²) in [4.78, 5) is 0. The van der Waals surface area contributed by atoms with Crippen molar-refractivity contribution in [2.24, 2.45) is 0 Å². The number of aliphatic hydroxyl groups excluding tert-OH is 2. The molecule has 6 atom stereocenters. The second-order valence-electron chi connectivity index (χ2n) is 6.73. The predicted molar refractivity (Wildman–Crippen MR) is 102 cm³/mol. The van der Waals surface area contributed by atoms with Gasteiger partial charge in [-0.15, -0.1) is 0 Å². The van der Waals surface area contributed by atoms with E-state index in [4.69, 9.17) is 42.1 Å². The SMILES string of the molecule is OC[C@@H]1OC(c2cccc(Cl)c2)OC[C@@H](O)[C@@H]2OC(c3cccc(Cl)c3)O[C@H]21. The van der Waals surface area contributed by atoms with Crippen LogP contribution in [0.5, 0.6) is 0 Å². The first kappa shape index (κ1) is 20.1. The molecule has 0 bridgehead atoms. The van der Waals surface area contributed by atoms with Crippen LogP contribution in [0.2, 0.25) is 10.0 Å². The summed E-state index contributed by atoms with van der Waals surface area (Å²) in [7, 11) is 0. The zero-order valence-corrected chi connectivity index (χ0v) is 16.3. The lowest BCUT2D eigenvalue weighted by molar-refractivity contribution is -0.239. The van der Waals surface area contributed by atoms with E-state index in [1.807, 2.05) is 6.07 Å². The molecule has 0 radical (unpaired) electrons. The quantitative estimate of drug-likeness (QED) is 0.784. The molecule has 0 spiro atoms.